The summed E-state index contributed by atoms with van der Waals surface area (Å²) in [5.74, 6) is -0.0715. The van der Waals surface area contributed by atoms with Gasteiger partial charge in [0.2, 0.25) is 0 Å². The molecule has 0 atom stereocenters. The Balaban J connectivity index is 2.93. The Labute approximate surface area is 132 Å². The van der Waals surface area contributed by atoms with Gasteiger partial charge in [0.1, 0.15) is 0 Å². The third-order valence-electron chi connectivity index (χ3n) is 2.64. The first-order valence-corrected chi connectivity index (χ1v) is 8.00. The molecule has 0 saturated carbocycles. The van der Waals surface area contributed by atoms with Crippen LogP contribution in [-0.2, 0) is 0 Å². The van der Waals surface area contributed by atoms with Gasteiger partial charge in [0.25, 0.3) is 5.91 Å². The minimum absolute atomic E-state index is 0.0478. The van der Waals surface area contributed by atoms with Crippen molar-refractivity contribution in [3.63, 3.8) is 0 Å². The van der Waals surface area contributed by atoms with E-state index in [9.17, 15) is 9.90 Å². The van der Waals surface area contributed by atoms with Crippen molar-refractivity contribution in [1.29, 1.82) is 0 Å². The lowest BCUT2D eigenvalue weighted by Gasteiger charge is -2.28. The number of pyridine rings is 1. The van der Waals surface area contributed by atoms with Gasteiger partial charge in [-0.05, 0) is 32.9 Å². The first kappa shape index (κ1) is 18.0. The average Bonchev–Trinajstić information content (AvgIpc) is 2.32. The van der Waals surface area contributed by atoms with Gasteiger partial charge in [0.15, 0.2) is 0 Å². The Morgan fingerprint density at radius 3 is 2.43 bits per heavy atom. The van der Waals surface area contributed by atoms with Gasteiger partial charge in [0.05, 0.1) is 10.6 Å². The molecule has 1 N–H and O–H groups in total. The number of rotatable bonds is 5. The molecule has 0 unspecified atom stereocenters. The van der Waals surface area contributed by atoms with E-state index in [0.717, 1.165) is 5.03 Å². The fraction of sp³-hybridized carbons (Fsp3) is 0.625. The lowest BCUT2D eigenvalue weighted by atomic mass is 10.1. The predicted octanol–water partition coefficient (Wildman–Crippen LogP) is 3.21. The molecule has 0 aromatic carbocycles. The number of nitrogens with zero attached hydrogens (tertiary/aromatic N) is 2. The Kier molecular flexibility index (Phi) is 5.82. The molecule has 0 aliphatic rings. The van der Waals surface area contributed by atoms with Crippen molar-refractivity contribution in [1.82, 2.24) is 9.88 Å². The summed E-state index contributed by atoms with van der Waals surface area (Å²) >= 11 is 1.63. The molecule has 0 saturated heterocycles. The maximum atomic E-state index is 12.5. The largest absolute Gasteiger partial charge is 0.389 e. The minimum Gasteiger partial charge on any atom is -0.389 e. The van der Waals surface area contributed by atoms with Crippen molar-refractivity contribution < 1.29 is 9.90 Å². The molecule has 21 heavy (non-hydrogen) atoms. The van der Waals surface area contributed by atoms with Crippen molar-refractivity contribution in [2.24, 2.45) is 0 Å². The monoisotopic (exact) mass is 310 g/mol. The van der Waals surface area contributed by atoms with Crippen molar-refractivity contribution in [3.8, 4) is 0 Å². The molecule has 0 spiro atoms. The maximum absolute atomic E-state index is 12.5. The average molecular weight is 310 g/mol. The second-order valence-corrected chi connectivity index (χ2v) is 8.58. The van der Waals surface area contributed by atoms with E-state index in [0.29, 0.717) is 18.7 Å². The first-order valence-electron chi connectivity index (χ1n) is 7.18. The van der Waals surface area contributed by atoms with Gasteiger partial charge in [-0.2, -0.15) is 0 Å². The van der Waals surface area contributed by atoms with E-state index in [1.807, 2.05) is 13.0 Å². The normalized spacial score (nSPS) is 12.3. The minimum atomic E-state index is -0.901. The molecule has 1 rings (SSSR count). The van der Waals surface area contributed by atoms with E-state index in [4.69, 9.17) is 0 Å². The summed E-state index contributed by atoms with van der Waals surface area (Å²) < 4.78 is 0.0478. The lowest BCUT2D eigenvalue weighted by molar-refractivity contribution is 0.0314. The van der Waals surface area contributed by atoms with E-state index in [-0.39, 0.29) is 10.7 Å². The number of hydrogen-bond donors (Lipinski definition) is 1. The van der Waals surface area contributed by atoms with Crippen LogP contribution in [0.4, 0.5) is 0 Å². The van der Waals surface area contributed by atoms with Crippen LogP contribution < -0.4 is 0 Å². The molecule has 1 amide bonds. The zero-order chi connectivity index (χ0) is 16.3. The third-order valence-corrected chi connectivity index (χ3v) is 3.68. The number of likely N-dealkylation sites (N-methyl/N-ethyl adjacent to an activating group) is 1. The van der Waals surface area contributed by atoms with Gasteiger partial charge in [-0.15, -0.1) is 11.8 Å². The second kappa shape index (κ2) is 6.79. The van der Waals surface area contributed by atoms with Crippen molar-refractivity contribution in [3.05, 3.63) is 23.9 Å². The first-order chi connectivity index (χ1) is 9.52. The third kappa shape index (κ3) is 6.48. The SMILES string of the molecule is CCN(CC(C)(C)O)C(=O)c1ccnc(SC(C)(C)C)c1. The Morgan fingerprint density at radius 1 is 1.33 bits per heavy atom. The molecular formula is C16H26N2O2S. The van der Waals surface area contributed by atoms with Gasteiger partial charge in [-0.3, -0.25) is 4.79 Å². The van der Waals surface area contributed by atoms with Crippen LogP contribution in [0, 0.1) is 0 Å². The van der Waals surface area contributed by atoms with Gasteiger partial charge >= 0.3 is 0 Å². The quantitative estimate of drug-likeness (QED) is 0.849. The van der Waals surface area contributed by atoms with E-state index in [1.165, 1.54) is 0 Å². The van der Waals surface area contributed by atoms with Crippen LogP contribution in [0.15, 0.2) is 23.4 Å². The second-order valence-electron chi connectivity index (χ2n) is 6.73. The number of hydrogen-bond acceptors (Lipinski definition) is 4. The Morgan fingerprint density at radius 2 is 1.95 bits per heavy atom. The van der Waals surface area contributed by atoms with Gasteiger partial charge in [0, 0.05) is 29.6 Å². The lowest BCUT2D eigenvalue weighted by Crippen LogP contribution is -2.42. The van der Waals surface area contributed by atoms with Crippen LogP contribution >= 0.6 is 11.8 Å². The predicted molar refractivity (Wildman–Crippen MR) is 87.7 cm³/mol. The summed E-state index contributed by atoms with van der Waals surface area (Å²) in [4.78, 5) is 18.5. The molecule has 0 fully saturated rings. The van der Waals surface area contributed by atoms with Crippen LogP contribution in [-0.4, -0.2) is 44.3 Å². The molecule has 0 aliphatic carbocycles. The molecule has 1 aromatic heterocycles. The van der Waals surface area contributed by atoms with E-state index >= 15 is 0 Å². The number of amides is 1. The Bertz CT molecular complexity index is 490. The van der Waals surface area contributed by atoms with Crippen LogP contribution in [0.2, 0.25) is 0 Å². The van der Waals surface area contributed by atoms with Crippen molar-refractivity contribution >= 4 is 17.7 Å². The number of thioether (sulfide) groups is 1. The highest BCUT2D eigenvalue weighted by molar-refractivity contribution is 8.00. The molecule has 1 heterocycles. The van der Waals surface area contributed by atoms with Gasteiger partial charge < -0.3 is 10.0 Å². The molecule has 5 heteroatoms. The van der Waals surface area contributed by atoms with Crippen LogP contribution in [0.1, 0.15) is 51.9 Å². The van der Waals surface area contributed by atoms with Crippen LogP contribution in [0.5, 0.6) is 0 Å². The molecule has 118 valence electrons. The van der Waals surface area contributed by atoms with Crippen LogP contribution in [0.25, 0.3) is 0 Å². The molecule has 1 aromatic rings. The fourth-order valence-electron chi connectivity index (χ4n) is 1.89. The summed E-state index contributed by atoms with van der Waals surface area (Å²) in [6.45, 7) is 12.5. The highest BCUT2D eigenvalue weighted by Gasteiger charge is 2.23. The zero-order valence-corrected chi connectivity index (χ0v) is 14.6. The number of carbonyl (C=O) groups is 1. The molecular weight excluding hydrogens is 284 g/mol. The Hall–Kier alpha value is -1.07. The topological polar surface area (TPSA) is 53.4 Å². The number of aliphatic hydroxyl groups is 1. The number of carbonyl (C=O) groups excluding carboxylic acids is 1. The van der Waals surface area contributed by atoms with Gasteiger partial charge in [-0.25, -0.2) is 4.98 Å². The fourth-order valence-corrected chi connectivity index (χ4v) is 2.82. The van der Waals surface area contributed by atoms with Crippen molar-refractivity contribution in [2.45, 2.75) is 56.9 Å². The van der Waals surface area contributed by atoms with Crippen molar-refractivity contribution in [2.75, 3.05) is 13.1 Å². The summed E-state index contributed by atoms with van der Waals surface area (Å²) in [5, 5.41) is 10.8. The highest BCUT2D eigenvalue weighted by atomic mass is 32.2. The van der Waals surface area contributed by atoms with Crippen LogP contribution in [0.3, 0.4) is 0 Å². The zero-order valence-electron chi connectivity index (χ0n) is 13.8. The highest BCUT2D eigenvalue weighted by Crippen LogP contribution is 2.30. The summed E-state index contributed by atoms with van der Waals surface area (Å²) in [7, 11) is 0. The molecule has 4 nitrogen and oxygen atoms in total. The summed E-state index contributed by atoms with van der Waals surface area (Å²) in [6.07, 6.45) is 1.67. The standard InChI is InChI=1S/C16H26N2O2S/c1-7-18(11-16(5,6)20)14(19)12-8-9-17-13(10-12)21-15(2,3)4/h8-10,20H,7,11H2,1-6H3. The molecule has 0 aliphatic heterocycles. The smallest absolute Gasteiger partial charge is 0.254 e. The van der Waals surface area contributed by atoms with E-state index in [1.54, 1.807) is 42.8 Å². The van der Waals surface area contributed by atoms with Gasteiger partial charge in [-0.1, -0.05) is 20.8 Å². The molecule has 0 radical (unpaired) electrons. The van der Waals surface area contributed by atoms with E-state index < -0.39 is 5.60 Å². The van der Waals surface area contributed by atoms with E-state index in [2.05, 4.69) is 25.8 Å². The maximum Gasteiger partial charge on any atom is 0.254 e. The summed E-state index contributed by atoms with van der Waals surface area (Å²) in [6, 6.07) is 3.55. The molecule has 0 bridgehead atoms. The number of aromatic nitrogens is 1. The summed E-state index contributed by atoms with van der Waals surface area (Å²) in [5.41, 5.74) is -0.287.